The molecule has 1 rings (SSSR count). The first-order chi connectivity index (χ1) is 7.67. The molecular weight excluding hydrogens is 204 g/mol. The fourth-order valence-electron chi connectivity index (χ4n) is 1.09. The summed E-state index contributed by atoms with van der Waals surface area (Å²) in [6.07, 6.45) is 1.05. The van der Waals surface area contributed by atoms with Gasteiger partial charge in [-0.1, -0.05) is 20.3 Å². The lowest BCUT2D eigenvalue weighted by atomic mass is 10.1. The van der Waals surface area contributed by atoms with Crippen molar-refractivity contribution in [1.82, 2.24) is 15.5 Å². The summed E-state index contributed by atoms with van der Waals surface area (Å²) in [6.45, 7) is 4.86. The van der Waals surface area contributed by atoms with Crippen LogP contribution in [-0.2, 0) is 0 Å². The summed E-state index contributed by atoms with van der Waals surface area (Å²) in [7, 11) is 1.76. The number of hydrogen-bond donors (Lipinski definition) is 2. The molecule has 1 aromatic heterocycles. The van der Waals surface area contributed by atoms with Gasteiger partial charge in [0.05, 0.1) is 0 Å². The van der Waals surface area contributed by atoms with Gasteiger partial charge in [-0.2, -0.15) is 0 Å². The summed E-state index contributed by atoms with van der Waals surface area (Å²) < 4.78 is 0. The molecule has 0 saturated carbocycles. The Morgan fingerprint density at radius 3 is 2.69 bits per heavy atom. The first-order valence-corrected chi connectivity index (χ1v) is 5.47. The summed E-state index contributed by atoms with van der Waals surface area (Å²) in [5, 5.41) is 13.3. The Kier molecular flexibility index (Phi) is 4.69. The van der Waals surface area contributed by atoms with Crippen molar-refractivity contribution in [3.05, 3.63) is 17.8 Å². The van der Waals surface area contributed by atoms with Crippen LogP contribution >= 0.6 is 0 Å². The molecule has 1 heterocycles. The highest BCUT2D eigenvalue weighted by Crippen LogP contribution is 2.02. The summed E-state index contributed by atoms with van der Waals surface area (Å²) in [6, 6.07) is 3.38. The van der Waals surface area contributed by atoms with E-state index in [9.17, 15) is 4.79 Å². The second-order valence-corrected chi connectivity index (χ2v) is 3.78. The van der Waals surface area contributed by atoms with E-state index in [4.69, 9.17) is 0 Å². The van der Waals surface area contributed by atoms with Gasteiger partial charge in [-0.15, -0.1) is 10.2 Å². The molecule has 1 amide bonds. The maximum Gasteiger partial charge on any atom is 0.271 e. The van der Waals surface area contributed by atoms with Crippen LogP contribution in [0.15, 0.2) is 12.1 Å². The number of hydrogen-bond acceptors (Lipinski definition) is 4. The Labute approximate surface area is 95.7 Å². The number of rotatable bonds is 5. The summed E-state index contributed by atoms with van der Waals surface area (Å²) in [4.78, 5) is 11.6. The quantitative estimate of drug-likeness (QED) is 0.788. The zero-order valence-corrected chi connectivity index (χ0v) is 9.95. The summed E-state index contributed by atoms with van der Waals surface area (Å²) in [5.41, 5.74) is 0.349. The molecule has 1 aromatic rings. The molecule has 0 aromatic carbocycles. The lowest BCUT2D eigenvalue weighted by Crippen LogP contribution is -2.28. The van der Waals surface area contributed by atoms with Gasteiger partial charge in [0.1, 0.15) is 5.82 Å². The van der Waals surface area contributed by atoms with Crippen LogP contribution in [0.5, 0.6) is 0 Å². The van der Waals surface area contributed by atoms with E-state index in [0.29, 0.717) is 24.0 Å². The van der Waals surface area contributed by atoms with Gasteiger partial charge in [-0.3, -0.25) is 4.79 Å². The van der Waals surface area contributed by atoms with Crippen molar-refractivity contribution >= 4 is 11.7 Å². The van der Waals surface area contributed by atoms with Crippen molar-refractivity contribution in [2.45, 2.75) is 20.3 Å². The highest BCUT2D eigenvalue weighted by Gasteiger charge is 2.08. The second-order valence-electron chi connectivity index (χ2n) is 3.78. The predicted octanol–water partition coefficient (Wildman–Crippen LogP) is 1.29. The van der Waals surface area contributed by atoms with Crippen LogP contribution in [-0.4, -0.2) is 29.7 Å². The Balaban J connectivity index is 2.52. The van der Waals surface area contributed by atoms with Crippen molar-refractivity contribution in [2.75, 3.05) is 18.9 Å². The van der Waals surface area contributed by atoms with Crippen LogP contribution in [0.2, 0.25) is 0 Å². The number of anilines is 1. The zero-order valence-electron chi connectivity index (χ0n) is 9.95. The van der Waals surface area contributed by atoms with E-state index in [1.807, 2.05) is 0 Å². The smallest absolute Gasteiger partial charge is 0.271 e. The number of amides is 1. The van der Waals surface area contributed by atoms with Crippen molar-refractivity contribution < 1.29 is 4.79 Å². The monoisotopic (exact) mass is 222 g/mol. The van der Waals surface area contributed by atoms with Crippen molar-refractivity contribution in [2.24, 2.45) is 5.92 Å². The van der Waals surface area contributed by atoms with Crippen LogP contribution in [0, 0.1) is 5.92 Å². The van der Waals surface area contributed by atoms with Gasteiger partial charge in [0.15, 0.2) is 5.69 Å². The van der Waals surface area contributed by atoms with Crippen LogP contribution < -0.4 is 10.6 Å². The Bertz CT molecular complexity index is 336. The summed E-state index contributed by atoms with van der Waals surface area (Å²) >= 11 is 0. The predicted molar refractivity (Wildman–Crippen MR) is 63.4 cm³/mol. The van der Waals surface area contributed by atoms with Gasteiger partial charge in [-0.05, 0) is 18.1 Å². The average molecular weight is 222 g/mol. The maximum atomic E-state index is 11.6. The van der Waals surface area contributed by atoms with Crippen LogP contribution in [0.25, 0.3) is 0 Å². The third-order valence-corrected chi connectivity index (χ3v) is 2.46. The molecular formula is C11H18N4O. The van der Waals surface area contributed by atoms with Gasteiger partial charge in [0, 0.05) is 13.6 Å². The molecule has 1 atom stereocenters. The highest BCUT2D eigenvalue weighted by atomic mass is 16.1. The topological polar surface area (TPSA) is 66.9 Å². The first-order valence-electron chi connectivity index (χ1n) is 5.47. The molecule has 0 aliphatic carbocycles. The third-order valence-electron chi connectivity index (χ3n) is 2.46. The molecule has 0 saturated heterocycles. The van der Waals surface area contributed by atoms with E-state index in [1.165, 1.54) is 0 Å². The zero-order chi connectivity index (χ0) is 12.0. The normalized spacial score (nSPS) is 11.9. The number of carbonyl (C=O) groups is 1. The Morgan fingerprint density at radius 1 is 1.44 bits per heavy atom. The summed E-state index contributed by atoms with van der Waals surface area (Å²) in [5.74, 6) is 0.961. The van der Waals surface area contributed by atoms with Crippen molar-refractivity contribution in [3.8, 4) is 0 Å². The minimum atomic E-state index is -0.171. The molecule has 5 nitrogen and oxygen atoms in total. The second kappa shape index (κ2) is 6.05. The first kappa shape index (κ1) is 12.4. The van der Waals surface area contributed by atoms with Gasteiger partial charge >= 0.3 is 0 Å². The average Bonchev–Trinajstić information content (AvgIpc) is 2.35. The van der Waals surface area contributed by atoms with E-state index in [1.54, 1.807) is 19.2 Å². The van der Waals surface area contributed by atoms with E-state index in [2.05, 4.69) is 34.7 Å². The van der Waals surface area contributed by atoms with Crippen LogP contribution in [0.3, 0.4) is 0 Å². The van der Waals surface area contributed by atoms with E-state index < -0.39 is 0 Å². The number of carbonyl (C=O) groups excluding carboxylic acids is 1. The molecule has 0 radical (unpaired) electrons. The molecule has 0 spiro atoms. The number of aromatic nitrogens is 2. The molecule has 0 aliphatic rings. The van der Waals surface area contributed by atoms with Gasteiger partial charge in [-0.25, -0.2) is 0 Å². The van der Waals surface area contributed by atoms with Gasteiger partial charge in [0.25, 0.3) is 5.91 Å². The molecule has 0 bridgehead atoms. The highest BCUT2D eigenvalue weighted by molar-refractivity contribution is 5.92. The van der Waals surface area contributed by atoms with Crippen molar-refractivity contribution in [3.63, 3.8) is 0 Å². The van der Waals surface area contributed by atoms with Crippen molar-refractivity contribution in [1.29, 1.82) is 0 Å². The minimum Gasteiger partial charge on any atom is -0.372 e. The Hall–Kier alpha value is -1.65. The van der Waals surface area contributed by atoms with Gasteiger partial charge in [0.2, 0.25) is 0 Å². The minimum absolute atomic E-state index is 0.171. The number of nitrogens with zero attached hydrogens (tertiary/aromatic N) is 2. The lowest BCUT2D eigenvalue weighted by Gasteiger charge is -2.09. The largest absolute Gasteiger partial charge is 0.372 e. The lowest BCUT2D eigenvalue weighted by molar-refractivity contribution is 0.0942. The molecule has 5 heteroatoms. The maximum absolute atomic E-state index is 11.6. The third kappa shape index (κ3) is 3.49. The fraction of sp³-hybridized carbons (Fsp3) is 0.545. The standard InChI is InChI=1S/C11H18N4O/c1-4-8(2)7-13-11(16)9-5-6-10(12-3)15-14-9/h5-6,8H,4,7H2,1-3H3,(H,12,15)(H,13,16). The fourth-order valence-corrected chi connectivity index (χ4v) is 1.09. The van der Waals surface area contributed by atoms with Gasteiger partial charge < -0.3 is 10.6 Å². The molecule has 0 fully saturated rings. The molecule has 88 valence electrons. The number of nitrogens with one attached hydrogen (secondary N) is 2. The SMILES string of the molecule is CCC(C)CNC(=O)c1ccc(NC)nn1. The molecule has 2 N–H and O–H groups in total. The van der Waals surface area contributed by atoms with Crippen LogP contribution in [0.4, 0.5) is 5.82 Å². The van der Waals surface area contributed by atoms with E-state index in [-0.39, 0.29) is 5.91 Å². The Morgan fingerprint density at radius 2 is 2.19 bits per heavy atom. The molecule has 16 heavy (non-hydrogen) atoms. The van der Waals surface area contributed by atoms with Crippen LogP contribution in [0.1, 0.15) is 30.8 Å². The molecule has 0 aliphatic heterocycles. The molecule has 1 unspecified atom stereocenters. The van der Waals surface area contributed by atoms with E-state index >= 15 is 0 Å². The van der Waals surface area contributed by atoms with E-state index in [0.717, 1.165) is 6.42 Å².